The zero-order chi connectivity index (χ0) is 63.3. The number of aliphatic carboxylic acids is 2. The summed E-state index contributed by atoms with van der Waals surface area (Å²) < 4.78 is 12.9. The lowest BCUT2D eigenvalue weighted by Crippen LogP contribution is -2.48. The van der Waals surface area contributed by atoms with Crippen molar-refractivity contribution in [1.82, 2.24) is 41.2 Å². The maximum Gasteiger partial charge on any atom is 0.326 e. The van der Waals surface area contributed by atoms with Crippen LogP contribution < -0.4 is 41.4 Å². The number of fused-ring (bicyclic) bond motifs is 4. The number of hydrogen-bond acceptors (Lipinski definition) is 10. The zero-order valence-electron chi connectivity index (χ0n) is 50.7. The van der Waals surface area contributed by atoms with E-state index in [0.717, 1.165) is 65.9 Å². The lowest BCUT2D eigenvalue weighted by atomic mass is 10.0. The number of H-pyrrole nitrogens is 4. The average Bonchev–Trinajstić information content (AvgIpc) is 1.81. The lowest BCUT2D eigenvalue weighted by Gasteiger charge is -2.23. The summed E-state index contributed by atoms with van der Waals surface area (Å²) in [6.45, 7) is 8.27. The van der Waals surface area contributed by atoms with Crippen LogP contribution in [-0.4, -0.2) is 116 Å². The first-order chi connectivity index (χ1) is 43.5. The molecule has 12 N–H and O–H groups in total. The van der Waals surface area contributed by atoms with Crippen LogP contribution in [0.15, 0.2) is 158 Å². The molecule has 6 aromatic carbocycles. The summed E-state index contributed by atoms with van der Waals surface area (Å²) in [6.07, 6.45) is 9.51. The molecule has 0 aliphatic carbocycles. The Balaban J connectivity index is 0.897. The predicted octanol–water partition coefficient (Wildman–Crippen LogP) is 10.3. The Morgan fingerprint density at radius 1 is 0.433 bits per heavy atom. The molecule has 0 aliphatic heterocycles. The number of amides is 4. The molecule has 90 heavy (non-hydrogen) atoms. The van der Waals surface area contributed by atoms with Gasteiger partial charge in [-0.15, -0.1) is 0 Å². The molecule has 0 saturated heterocycles. The van der Waals surface area contributed by atoms with Crippen LogP contribution >= 0.6 is 0 Å². The van der Waals surface area contributed by atoms with E-state index in [1.165, 1.54) is 24.3 Å². The molecule has 4 heterocycles. The molecule has 0 unspecified atom stereocenters. The molecule has 0 fully saturated rings. The number of ether oxygens (including phenoxy) is 2. The number of nitrogens with one attached hydrogen (secondary N) is 10. The van der Waals surface area contributed by atoms with Crippen LogP contribution in [0.1, 0.15) is 83.5 Å². The van der Waals surface area contributed by atoms with E-state index in [9.17, 15) is 39.0 Å². The summed E-state index contributed by atoms with van der Waals surface area (Å²) in [4.78, 5) is 95.0. The number of aromatic nitrogens is 4. The number of carboxylic acids is 2. The van der Waals surface area contributed by atoms with Crippen molar-refractivity contribution in [3.05, 3.63) is 192 Å². The van der Waals surface area contributed by atoms with E-state index in [2.05, 4.69) is 51.8 Å². The second kappa shape index (κ2) is 29.2. The van der Waals surface area contributed by atoms with Crippen molar-refractivity contribution in [2.24, 2.45) is 11.8 Å². The van der Waals surface area contributed by atoms with Crippen molar-refractivity contribution >= 4 is 90.6 Å². The van der Waals surface area contributed by atoms with Gasteiger partial charge in [-0.25, -0.2) is 9.59 Å². The van der Waals surface area contributed by atoms with E-state index in [-0.39, 0.29) is 97.8 Å². The second-order valence-electron chi connectivity index (χ2n) is 23.4. The first-order valence-electron chi connectivity index (χ1n) is 30.4. The molecule has 4 aromatic heterocycles. The number of hydrogen-bond donors (Lipinski definition) is 12. The lowest BCUT2D eigenvalue weighted by molar-refractivity contribution is -0.140. The average molecular weight is 1220 g/mol. The topological polar surface area (TPSA) is 297 Å². The first-order valence-corrected chi connectivity index (χ1v) is 30.4. The van der Waals surface area contributed by atoms with E-state index in [0.29, 0.717) is 12.8 Å². The van der Waals surface area contributed by atoms with E-state index in [1.54, 1.807) is 12.1 Å². The summed E-state index contributed by atoms with van der Waals surface area (Å²) in [5.41, 5.74) is 8.38. The molecule has 10 aromatic rings. The molecule has 10 rings (SSSR count). The minimum absolute atomic E-state index is 0.00123. The van der Waals surface area contributed by atoms with Crippen LogP contribution in [0.4, 0.5) is 11.4 Å². The van der Waals surface area contributed by atoms with E-state index in [4.69, 9.17) is 9.47 Å². The van der Waals surface area contributed by atoms with Crippen molar-refractivity contribution in [3.8, 4) is 11.5 Å². The number of carbonyl (C=O) groups excluding carboxylic acids is 4. The van der Waals surface area contributed by atoms with Gasteiger partial charge in [0, 0.05) is 105 Å². The SMILES string of the molecule is CC(C)C[C@H](NC(=O)c1ccc(NC(=O)[C@H](Cc2c[nH]c3ccccc23)NCCN[C@@H](Cc2c[nH]c3ccccc23)C(=O)Nc2ccc(C(=O)N[C@@H](CC(C)C)C(=O)O)cc2OCCc2c[nH]c3ccccc23)c(OCCc2c[nH]c3ccccc23)c1)C(=O)O. The molecule has 0 bridgehead atoms. The number of carboxylic acid groups (broad SMARTS) is 2. The molecule has 4 amide bonds. The molecule has 0 saturated carbocycles. The Morgan fingerprint density at radius 2 is 0.767 bits per heavy atom. The highest BCUT2D eigenvalue weighted by Crippen LogP contribution is 2.31. The number of carbonyl (C=O) groups is 6. The maximum absolute atomic E-state index is 14.9. The monoisotopic (exact) mass is 1220 g/mol. The highest BCUT2D eigenvalue weighted by Gasteiger charge is 2.28. The van der Waals surface area contributed by atoms with Gasteiger partial charge in [-0.2, -0.15) is 0 Å². The van der Waals surface area contributed by atoms with Crippen LogP contribution in [0.2, 0.25) is 0 Å². The molecular weight excluding hydrogens is 1140 g/mol. The summed E-state index contributed by atoms with van der Waals surface area (Å²) in [6, 6.07) is 36.7. The Labute approximate surface area is 520 Å². The van der Waals surface area contributed by atoms with Gasteiger partial charge in [0.1, 0.15) is 23.6 Å². The van der Waals surface area contributed by atoms with Gasteiger partial charge in [0.05, 0.1) is 36.7 Å². The first kappa shape index (κ1) is 62.9. The second-order valence-corrected chi connectivity index (χ2v) is 23.4. The molecule has 0 aliphatic rings. The Kier molecular flexibility index (Phi) is 20.4. The van der Waals surface area contributed by atoms with Crippen LogP contribution in [0.5, 0.6) is 11.5 Å². The highest BCUT2D eigenvalue weighted by molar-refractivity contribution is 6.02. The number of para-hydroxylation sites is 4. The van der Waals surface area contributed by atoms with Gasteiger partial charge in [-0.05, 0) is 120 Å². The van der Waals surface area contributed by atoms with E-state index in [1.807, 2.05) is 150 Å². The van der Waals surface area contributed by atoms with Crippen molar-refractivity contribution in [2.45, 2.75) is 90.4 Å². The molecule has 20 nitrogen and oxygen atoms in total. The number of aromatic amines is 4. The van der Waals surface area contributed by atoms with Crippen LogP contribution in [0.25, 0.3) is 43.6 Å². The fraction of sp³-hybridized carbons (Fsp3) is 0.286. The minimum Gasteiger partial charge on any atom is -0.491 e. The van der Waals surface area contributed by atoms with Crippen LogP contribution in [0.3, 0.4) is 0 Å². The molecule has 0 spiro atoms. The van der Waals surface area contributed by atoms with Gasteiger partial charge in [0.2, 0.25) is 11.8 Å². The van der Waals surface area contributed by atoms with Gasteiger partial charge in [-0.3, -0.25) is 19.2 Å². The summed E-state index contributed by atoms with van der Waals surface area (Å²) in [5.74, 6) is -3.93. The number of benzene rings is 6. The van der Waals surface area contributed by atoms with Gasteiger partial charge >= 0.3 is 11.9 Å². The van der Waals surface area contributed by atoms with Crippen molar-refractivity contribution < 1.29 is 48.5 Å². The normalized spacial score (nSPS) is 12.9. The third-order valence-electron chi connectivity index (χ3n) is 16.0. The van der Waals surface area contributed by atoms with Gasteiger partial charge in [0.15, 0.2) is 0 Å². The molecule has 466 valence electrons. The Bertz CT molecular complexity index is 3910. The third kappa shape index (κ3) is 15.7. The molecular formula is C70H76N10O10. The summed E-state index contributed by atoms with van der Waals surface area (Å²) in [7, 11) is 0. The smallest absolute Gasteiger partial charge is 0.326 e. The van der Waals surface area contributed by atoms with Gasteiger partial charge < -0.3 is 71.5 Å². The predicted molar refractivity (Wildman–Crippen MR) is 349 cm³/mol. The largest absolute Gasteiger partial charge is 0.491 e. The van der Waals surface area contributed by atoms with Gasteiger partial charge in [0.25, 0.3) is 11.8 Å². The molecule has 0 radical (unpaired) electrons. The standard InChI is InChI=1S/C70H76N10O10/c1-41(2)31-61(69(85)86)79-65(81)43-21-23-57(63(35-43)89-29-25-45-37-73-53-17-9-5-13-49(45)53)77-67(83)59(33-47-39-75-55-19-11-7-15-51(47)55)71-27-28-72-60(34-48-40-76-56-20-12-8-16-52(48)56)68(84)78-58-24-22-44(66(82)80-62(70(87)88)32-42(3)4)36-64(58)90-30-26-46-38-74-54-18-10-6-14-50(46)54/h5-24,35-42,59-62,71-76H,25-34H2,1-4H3,(H,77,83)(H,78,84)(H,79,81)(H,80,82)(H,85,86)(H,87,88)/t59-,60-,61-,62-/m0/s1. The van der Waals surface area contributed by atoms with Crippen molar-refractivity contribution in [3.63, 3.8) is 0 Å². The summed E-state index contributed by atoms with van der Waals surface area (Å²) in [5, 5.41) is 42.3. The van der Waals surface area contributed by atoms with Crippen molar-refractivity contribution in [1.29, 1.82) is 0 Å². The maximum atomic E-state index is 14.9. The van der Waals surface area contributed by atoms with Crippen LogP contribution in [-0.2, 0) is 44.9 Å². The summed E-state index contributed by atoms with van der Waals surface area (Å²) >= 11 is 0. The van der Waals surface area contributed by atoms with Crippen molar-refractivity contribution in [2.75, 3.05) is 36.9 Å². The van der Waals surface area contributed by atoms with Gasteiger partial charge in [-0.1, -0.05) is 100 Å². The van der Waals surface area contributed by atoms with E-state index >= 15 is 0 Å². The number of rotatable bonds is 31. The molecule has 4 atom stereocenters. The zero-order valence-corrected chi connectivity index (χ0v) is 50.7. The highest BCUT2D eigenvalue weighted by atomic mass is 16.5. The molecule has 20 heteroatoms. The van der Waals surface area contributed by atoms with E-state index < -0.39 is 59.7 Å². The number of anilines is 2. The third-order valence-corrected chi connectivity index (χ3v) is 16.0. The fourth-order valence-corrected chi connectivity index (χ4v) is 11.3. The Morgan fingerprint density at radius 3 is 1.11 bits per heavy atom. The fourth-order valence-electron chi connectivity index (χ4n) is 11.3. The van der Waals surface area contributed by atoms with Crippen LogP contribution in [0, 0.1) is 11.8 Å². The Hall–Kier alpha value is -10.2. The quantitative estimate of drug-likeness (QED) is 0.0181. The minimum atomic E-state index is -1.15.